The zero-order chi connectivity index (χ0) is 40.5. The molecule has 292 valence electrons. The molecule has 0 nitrogen and oxygen atoms in total. The van der Waals surface area contributed by atoms with Crippen LogP contribution in [0.25, 0.3) is 38.6 Å². The minimum Gasteiger partial charge on any atom is -0.0761 e. The summed E-state index contributed by atoms with van der Waals surface area (Å²) in [5, 5.41) is 2.63. The Hall–Kier alpha value is -4.94. The van der Waals surface area contributed by atoms with Crippen LogP contribution in [0.2, 0.25) is 0 Å². The van der Waals surface area contributed by atoms with E-state index in [2.05, 4.69) is 203 Å². The predicted molar refractivity (Wildman–Crippen MR) is 249 cm³/mol. The molecule has 5 aromatic carbocycles. The van der Waals surface area contributed by atoms with Gasteiger partial charge < -0.3 is 0 Å². The highest BCUT2D eigenvalue weighted by Crippen LogP contribution is 2.57. The second-order valence-electron chi connectivity index (χ2n) is 21.4. The average molecular weight is 757 g/mol. The molecule has 4 unspecified atom stereocenters. The minimum atomic E-state index is -0.0312. The Morgan fingerprint density at radius 2 is 1.07 bits per heavy atom. The summed E-state index contributed by atoms with van der Waals surface area (Å²) in [5.41, 5.74) is 20.2. The highest BCUT2D eigenvalue weighted by molar-refractivity contribution is 5.89. The van der Waals surface area contributed by atoms with Gasteiger partial charge in [0.15, 0.2) is 0 Å². The summed E-state index contributed by atoms with van der Waals surface area (Å²) in [5.74, 6) is 1.88. The van der Waals surface area contributed by atoms with Crippen LogP contribution in [-0.2, 0) is 21.7 Å². The van der Waals surface area contributed by atoms with Crippen LogP contribution >= 0.6 is 0 Å². The summed E-state index contributed by atoms with van der Waals surface area (Å²) >= 11 is 0. The molecule has 0 radical (unpaired) electrons. The SMILES string of the molecule is CC(C)(C)c1ccc2c(c1)C(C)(C)c1cc(-c3ccc4c(c3)C(C)(C)C3C=C(C5=CC6C=CC(c7ccc8cc(C(C)(C)C)ccc8c7)=CC6C=C5)CCC43)ccc1-2. The molecule has 0 fully saturated rings. The monoisotopic (exact) mass is 756 g/mol. The van der Waals surface area contributed by atoms with Gasteiger partial charge in [-0.05, 0) is 142 Å². The summed E-state index contributed by atoms with van der Waals surface area (Å²) in [6.45, 7) is 23.7. The van der Waals surface area contributed by atoms with Crippen LogP contribution in [0.15, 0.2) is 145 Å². The van der Waals surface area contributed by atoms with Crippen LogP contribution in [0.5, 0.6) is 0 Å². The lowest BCUT2D eigenvalue weighted by Crippen LogP contribution is -2.27. The molecule has 5 aliphatic rings. The van der Waals surface area contributed by atoms with Crippen LogP contribution in [-0.4, -0.2) is 0 Å². The summed E-state index contributed by atoms with van der Waals surface area (Å²) < 4.78 is 0. The van der Waals surface area contributed by atoms with Crippen molar-refractivity contribution in [3.8, 4) is 22.3 Å². The van der Waals surface area contributed by atoms with Crippen molar-refractivity contribution < 1.29 is 0 Å². The van der Waals surface area contributed by atoms with Gasteiger partial charge in [0.2, 0.25) is 0 Å². The third-order valence-corrected chi connectivity index (χ3v) is 15.0. The Bertz CT molecular complexity index is 2700. The molecule has 0 amide bonds. The molecular weight excluding hydrogens is 697 g/mol. The molecule has 0 N–H and O–H groups in total. The maximum absolute atomic E-state index is 2.68. The minimum absolute atomic E-state index is 0.0312. The quantitative estimate of drug-likeness (QED) is 0.172. The second-order valence-corrected chi connectivity index (χ2v) is 21.4. The van der Waals surface area contributed by atoms with Gasteiger partial charge in [0.05, 0.1) is 0 Å². The molecule has 0 saturated carbocycles. The van der Waals surface area contributed by atoms with Crippen LogP contribution in [0, 0.1) is 17.8 Å². The maximum Gasteiger partial charge on any atom is 0.0159 e. The lowest BCUT2D eigenvalue weighted by atomic mass is 9.69. The van der Waals surface area contributed by atoms with Gasteiger partial charge in [-0.15, -0.1) is 0 Å². The van der Waals surface area contributed by atoms with Crippen LogP contribution < -0.4 is 0 Å². The molecule has 5 aliphatic carbocycles. The van der Waals surface area contributed by atoms with Gasteiger partial charge in [0, 0.05) is 17.3 Å². The highest BCUT2D eigenvalue weighted by Gasteiger charge is 2.47. The fraction of sp³-hybridized carbons (Fsp3) is 0.345. The largest absolute Gasteiger partial charge is 0.0761 e. The van der Waals surface area contributed by atoms with E-state index in [-0.39, 0.29) is 21.7 Å². The fourth-order valence-corrected chi connectivity index (χ4v) is 11.2. The predicted octanol–water partition coefficient (Wildman–Crippen LogP) is 15.5. The first-order valence-corrected chi connectivity index (χ1v) is 22.0. The van der Waals surface area contributed by atoms with Crippen molar-refractivity contribution in [1.82, 2.24) is 0 Å². The molecule has 0 saturated heterocycles. The molecule has 0 heteroatoms. The first-order valence-electron chi connectivity index (χ1n) is 22.0. The average Bonchev–Trinajstić information content (AvgIpc) is 3.57. The third kappa shape index (κ3) is 5.92. The molecule has 10 rings (SSSR count). The molecular formula is C58H60. The standard InChI is InChI=1S/C58H60/c1-55(2,3)45-21-17-40-29-38(15-16-41(40)30-45)35-11-12-37-28-39(14-13-36(37)27-35)42-18-23-47-48-24-19-43(32-52(48)57(7,8)51(47)31-42)44-20-25-49-50-26-22-46(56(4,5)6)34-54(50)58(9,10)53(49)33-44/h11-17,19-22,24-34,36-37,47,51H,18,23H2,1-10H3. The smallest absolute Gasteiger partial charge is 0.0159 e. The van der Waals surface area contributed by atoms with Gasteiger partial charge in [-0.25, -0.2) is 0 Å². The Morgan fingerprint density at radius 1 is 0.517 bits per heavy atom. The summed E-state index contributed by atoms with van der Waals surface area (Å²) in [6.07, 6.45) is 19.8. The van der Waals surface area contributed by atoms with E-state index in [1.165, 1.54) is 78.4 Å². The number of rotatable bonds is 3. The van der Waals surface area contributed by atoms with Gasteiger partial charge in [0.1, 0.15) is 0 Å². The Kier molecular flexibility index (Phi) is 8.23. The summed E-state index contributed by atoms with van der Waals surface area (Å²) in [4.78, 5) is 0. The van der Waals surface area contributed by atoms with E-state index < -0.39 is 0 Å². The molecule has 0 bridgehead atoms. The van der Waals surface area contributed by atoms with E-state index >= 15 is 0 Å². The van der Waals surface area contributed by atoms with Gasteiger partial charge in [-0.1, -0.05) is 191 Å². The van der Waals surface area contributed by atoms with Gasteiger partial charge in [-0.3, -0.25) is 0 Å². The Balaban J connectivity index is 0.888. The van der Waals surface area contributed by atoms with Crippen molar-refractivity contribution in [3.05, 3.63) is 184 Å². The maximum atomic E-state index is 2.68. The lowest BCUT2D eigenvalue weighted by molar-refractivity contribution is 0.343. The van der Waals surface area contributed by atoms with Crippen molar-refractivity contribution in [2.75, 3.05) is 0 Å². The number of benzene rings is 5. The van der Waals surface area contributed by atoms with E-state index in [0.717, 1.165) is 6.42 Å². The molecule has 4 atom stereocenters. The van der Waals surface area contributed by atoms with Crippen LogP contribution in [0.1, 0.15) is 127 Å². The Morgan fingerprint density at radius 3 is 1.79 bits per heavy atom. The highest BCUT2D eigenvalue weighted by atomic mass is 14.5. The lowest BCUT2D eigenvalue weighted by Gasteiger charge is -2.34. The zero-order valence-corrected chi connectivity index (χ0v) is 36.4. The van der Waals surface area contributed by atoms with Gasteiger partial charge in [-0.2, -0.15) is 0 Å². The Labute approximate surface area is 348 Å². The van der Waals surface area contributed by atoms with Gasteiger partial charge in [0.25, 0.3) is 0 Å². The van der Waals surface area contributed by atoms with Gasteiger partial charge >= 0.3 is 0 Å². The topological polar surface area (TPSA) is 0 Å². The molecule has 0 aliphatic heterocycles. The van der Waals surface area contributed by atoms with E-state index in [4.69, 9.17) is 0 Å². The molecule has 0 spiro atoms. The third-order valence-electron chi connectivity index (χ3n) is 15.0. The zero-order valence-electron chi connectivity index (χ0n) is 36.4. The van der Waals surface area contributed by atoms with E-state index in [0.29, 0.717) is 23.7 Å². The van der Waals surface area contributed by atoms with Crippen molar-refractivity contribution >= 4 is 16.3 Å². The number of hydrogen-bond donors (Lipinski definition) is 0. The van der Waals surface area contributed by atoms with E-state index in [1.807, 2.05) is 0 Å². The summed E-state index contributed by atoms with van der Waals surface area (Å²) in [6, 6.07) is 35.8. The van der Waals surface area contributed by atoms with Crippen molar-refractivity contribution in [2.45, 2.75) is 110 Å². The van der Waals surface area contributed by atoms with Crippen LogP contribution in [0.3, 0.4) is 0 Å². The van der Waals surface area contributed by atoms with Crippen molar-refractivity contribution in [2.24, 2.45) is 17.8 Å². The molecule has 58 heavy (non-hydrogen) atoms. The number of hydrogen-bond acceptors (Lipinski definition) is 0. The molecule has 5 aromatic rings. The van der Waals surface area contributed by atoms with Crippen molar-refractivity contribution in [1.29, 1.82) is 0 Å². The van der Waals surface area contributed by atoms with Crippen LogP contribution in [0.4, 0.5) is 0 Å². The number of allylic oxidation sites excluding steroid dienone is 10. The number of fused-ring (bicyclic) bond motifs is 8. The normalized spacial score (nSPS) is 23.7. The first-order chi connectivity index (χ1) is 27.5. The second kappa shape index (κ2) is 12.8. The molecule has 0 heterocycles. The first kappa shape index (κ1) is 37.3. The summed E-state index contributed by atoms with van der Waals surface area (Å²) in [7, 11) is 0. The fourth-order valence-electron chi connectivity index (χ4n) is 11.2. The van der Waals surface area contributed by atoms with Crippen molar-refractivity contribution in [3.63, 3.8) is 0 Å². The van der Waals surface area contributed by atoms with E-state index in [9.17, 15) is 0 Å². The van der Waals surface area contributed by atoms with E-state index in [1.54, 1.807) is 16.7 Å². The molecule has 0 aromatic heterocycles.